The third kappa shape index (κ3) is 3.75. The Hall–Kier alpha value is -1.99. The normalized spacial score (nSPS) is 11.6. The highest BCUT2D eigenvalue weighted by atomic mass is 35.5. The molecule has 0 bridgehead atoms. The highest BCUT2D eigenvalue weighted by molar-refractivity contribution is 6.30. The second-order valence-electron chi connectivity index (χ2n) is 4.50. The van der Waals surface area contributed by atoms with Gasteiger partial charge in [-0.15, -0.1) is 0 Å². The van der Waals surface area contributed by atoms with Crippen LogP contribution >= 0.6 is 11.6 Å². The van der Waals surface area contributed by atoms with Crippen LogP contribution in [0.3, 0.4) is 0 Å². The van der Waals surface area contributed by atoms with Crippen LogP contribution < -0.4 is 4.74 Å². The van der Waals surface area contributed by atoms with E-state index >= 15 is 0 Å². The Bertz CT molecular complexity index is 655. The van der Waals surface area contributed by atoms with E-state index in [2.05, 4.69) is 28.8 Å². The summed E-state index contributed by atoms with van der Waals surface area (Å²) in [5.41, 5.74) is 1.61. The van der Waals surface area contributed by atoms with Gasteiger partial charge in [0.05, 0.1) is 17.9 Å². The molecule has 2 aromatic rings. The topological polar surface area (TPSA) is 39.9 Å². The van der Waals surface area contributed by atoms with E-state index < -0.39 is 0 Å². The van der Waals surface area contributed by atoms with Crippen LogP contribution in [0.2, 0.25) is 5.15 Å². The van der Waals surface area contributed by atoms with Crippen LogP contribution in [0.15, 0.2) is 24.7 Å². The van der Waals surface area contributed by atoms with Gasteiger partial charge in [0.15, 0.2) is 10.9 Å². The predicted octanol–water partition coefficient (Wildman–Crippen LogP) is 3.05. The molecule has 0 fully saturated rings. The summed E-state index contributed by atoms with van der Waals surface area (Å²) in [6, 6.07) is 1.81. The van der Waals surface area contributed by atoms with Gasteiger partial charge in [-0.3, -0.25) is 4.68 Å². The summed E-state index contributed by atoms with van der Waals surface area (Å²) in [6.45, 7) is 4.04. The molecule has 0 aromatic carbocycles. The molecule has 0 saturated carbocycles. The van der Waals surface area contributed by atoms with E-state index in [1.807, 2.05) is 26.2 Å². The zero-order valence-corrected chi connectivity index (χ0v) is 12.5. The number of nitrogens with zero attached hydrogens (tertiary/aromatic N) is 3. The van der Waals surface area contributed by atoms with E-state index in [1.54, 1.807) is 17.1 Å². The summed E-state index contributed by atoms with van der Waals surface area (Å²) in [6.07, 6.45) is 6.20. The summed E-state index contributed by atoms with van der Waals surface area (Å²) in [5, 5.41) is 4.42. The number of hydrogen-bond donors (Lipinski definition) is 0. The molecular weight excluding hydrogens is 274 g/mol. The lowest BCUT2D eigenvalue weighted by molar-refractivity contribution is 0.217. The highest BCUT2D eigenvalue weighted by Gasteiger charge is 2.07. The first-order valence-corrected chi connectivity index (χ1v) is 6.79. The van der Waals surface area contributed by atoms with E-state index in [0.29, 0.717) is 10.9 Å². The second kappa shape index (κ2) is 6.44. The fraction of sp³-hybridized carbons (Fsp3) is 0.333. The molecule has 0 aliphatic heterocycles. The van der Waals surface area contributed by atoms with Crippen molar-refractivity contribution in [2.75, 3.05) is 0 Å². The summed E-state index contributed by atoms with van der Waals surface area (Å²) in [7, 11) is 1.85. The summed E-state index contributed by atoms with van der Waals surface area (Å²) in [4.78, 5) is 4.10. The van der Waals surface area contributed by atoms with Gasteiger partial charge in [-0.2, -0.15) is 5.10 Å². The predicted molar refractivity (Wildman–Crippen MR) is 78.8 cm³/mol. The Morgan fingerprint density at radius 3 is 2.75 bits per heavy atom. The van der Waals surface area contributed by atoms with Crippen LogP contribution in [-0.2, 0) is 7.05 Å². The summed E-state index contributed by atoms with van der Waals surface area (Å²) >= 11 is 6.02. The lowest BCUT2D eigenvalue weighted by Crippen LogP contribution is -2.10. The molecule has 0 radical (unpaired) electrons. The molecule has 2 aromatic heterocycles. The minimum Gasteiger partial charge on any atom is -0.487 e. The van der Waals surface area contributed by atoms with Crippen LogP contribution in [-0.4, -0.2) is 20.9 Å². The molecule has 0 amide bonds. The largest absolute Gasteiger partial charge is 0.487 e. The van der Waals surface area contributed by atoms with Crippen molar-refractivity contribution in [2.24, 2.45) is 7.05 Å². The lowest BCUT2D eigenvalue weighted by Gasteiger charge is -2.13. The maximum Gasteiger partial charge on any atom is 0.171 e. The average molecular weight is 290 g/mol. The van der Waals surface area contributed by atoms with Crippen molar-refractivity contribution in [3.05, 3.63) is 40.9 Å². The molecule has 20 heavy (non-hydrogen) atoms. The number of hydrogen-bond acceptors (Lipinski definition) is 3. The van der Waals surface area contributed by atoms with Crippen molar-refractivity contribution in [1.29, 1.82) is 0 Å². The van der Waals surface area contributed by atoms with Crippen LogP contribution in [0, 0.1) is 11.8 Å². The number of aromatic nitrogens is 3. The Balaban J connectivity index is 2.21. The quantitative estimate of drug-likeness (QED) is 0.644. The van der Waals surface area contributed by atoms with Gasteiger partial charge in [0, 0.05) is 31.1 Å². The molecule has 104 valence electrons. The van der Waals surface area contributed by atoms with Gasteiger partial charge in [0.1, 0.15) is 0 Å². The maximum absolute atomic E-state index is 6.02. The van der Waals surface area contributed by atoms with E-state index in [4.69, 9.17) is 16.3 Å². The Morgan fingerprint density at radius 2 is 2.10 bits per heavy atom. The van der Waals surface area contributed by atoms with Gasteiger partial charge in [0.2, 0.25) is 0 Å². The van der Waals surface area contributed by atoms with Crippen molar-refractivity contribution in [3.8, 4) is 17.6 Å². The first kappa shape index (κ1) is 14.4. The zero-order valence-electron chi connectivity index (χ0n) is 11.7. The first-order valence-electron chi connectivity index (χ1n) is 6.41. The molecule has 0 aliphatic carbocycles. The molecular formula is C15H16ClN3O. The molecule has 0 aliphatic rings. The zero-order chi connectivity index (χ0) is 14.5. The van der Waals surface area contributed by atoms with Crippen molar-refractivity contribution >= 4 is 11.6 Å². The van der Waals surface area contributed by atoms with Crippen LogP contribution in [0.25, 0.3) is 0 Å². The Labute approximate surface area is 123 Å². The molecule has 1 unspecified atom stereocenters. The monoisotopic (exact) mass is 289 g/mol. The molecule has 2 rings (SSSR count). The molecule has 1 atom stereocenters. The fourth-order valence-electron chi connectivity index (χ4n) is 1.51. The van der Waals surface area contributed by atoms with Crippen molar-refractivity contribution < 1.29 is 4.74 Å². The SMILES string of the molecule is CCC(C)Oc1cc(C#Cc2cnn(C)c2)cnc1Cl. The van der Waals surface area contributed by atoms with Gasteiger partial charge < -0.3 is 4.74 Å². The molecule has 2 heterocycles. The molecule has 0 saturated heterocycles. The summed E-state index contributed by atoms with van der Waals surface area (Å²) in [5.74, 6) is 6.62. The van der Waals surface area contributed by atoms with Crippen molar-refractivity contribution in [2.45, 2.75) is 26.4 Å². The summed E-state index contributed by atoms with van der Waals surface area (Å²) < 4.78 is 7.42. The molecule has 4 nitrogen and oxygen atoms in total. The van der Waals surface area contributed by atoms with Gasteiger partial charge in [0.25, 0.3) is 0 Å². The van der Waals surface area contributed by atoms with Gasteiger partial charge in [-0.1, -0.05) is 30.4 Å². The Morgan fingerprint density at radius 1 is 1.35 bits per heavy atom. The van der Waals surface area contributed by atoms with Crippen LogP contribution in [0.5, 0.6) is 5.75 Å². The number of halogens is 1. The van der Waals surface area contributed by atoms with Crippen molar-refractivity contribution in [1.82, 2.24) is 14.8 Å². The molecule has 5 heteroatoms. The van der Waals surface area contributed by atoms with E-state index in [-0.39, 0.29) is 6.10 Å². The highest BCUT2D eigenvalue weighted by Crippen LogP contribution is 2.24. The van der Waals surface area contributed by atoms with Gasteiger partial charge >= 0.3 is 0 Å². The smallest absolute Gasteiger partial charge is 0.171 e. The third-order valence-electron chi connectivity index (χ3n) is 2.77. The lowest BCUT2D eigenvalue weighted by atomic mass is 10.2. The second-order valence-corrected chi connectivity index (χ2v) is 4.86. The van der Waals surface area contributed by atoms with Crippen molar-refractivity contribution in [3.63, 3.8) is 0 Å². The number of rotatable bonds is 3. The maximum atomic E-state index is 6.02. The average Bonchev–Trinajstić information content (AvgIpc) is 2.85. The van der Waals surface area contributed by atoms with Gasteiger partial charge in [-0.25, -0.2) is 4.98 Å². The Kier molecular flexibility index (Phi) is 4.65. The fourth-order valence-corrected chi connectivity index (χ4v) is 1.66. The molecule has 0 N–H and O–H groups in total. The number of aryl methyl sites for hydroxylation is 1. The number of pyridine rings is 1. The van der Waals surface area contributed by atoms with Crippen LogP contribution in [0.4, 0.5) is 0 Å². The standard InChI is InChI=1S/C15H16ClN3O/c1-4-11(2)20-14-7-12(8-17-15(14)16)5-6-13-9-18-19(3)10-13/h7-11H,4H2,1-3H3. The van der Waals surface area contributed by atoms with Gasteiger partial charge in [-0.05, 0) is 13.3 Å². The van der Waals surface area contributed by atoms with Crippen LogP contribution in [0.1, 0.15) is 31.4 Å². The third-order valence-corrected chi connectivity index (χ3v) is 3.05. The van der Waals surface area contributed by atoms with E-state index in [0.717, 1.165) is 17.5 Å². The first-order chi connectivity index (χ1) is 9.58. The molecule has 0 spiro atoms. The minimum atomic E-state index is 0.0934. The van der Waals surface area contributed by atoms with E-state index in [9.17, 15) is 0 Å². The number of ether oxygens (including phenoxy) is 1. The van der Waals surface area contributed by atoms with E-state index in [1.165, 1.54) is 0 Å². The minimum absolute atomic E-state index is 0.0934.